The molecule has 0 aliphatic heterocycles. The second-order valence-corrected chi connectivity index (χ2v) is 7.87. The van der Waals surface area contributed by atoms with Crippen LogP contribution in [0.25, 0.3) is 11.0 Å². The Morgan fingerprint density at radius 2 is 1.84 bits per heavy atom. The molecule has 31 heavy (non-hydrogen) atoms. The fraction of sp³-hybridized carbons (Fsp3) is 0.217. The molecule has 0 saturated carbocycles. The number of fused-ring (bicyclic) bond motifs is 1. The molecule has 7 nitrogen and oxygen atoms in total. The molecular formula is C23H23ClN6O. The van der Waals surface area contributed by atoms with E-state index in [9.17, 15) is 4.79 Å². The van der Waals surface area contributed by atoms with Gasteiger partial charge in [-0.15, -0.1) is 0 Å². The van der Waals surface area contributed by atoms with Crippen LogP contribution >= 0.6 is 11.6 Å². The largest absolute Gasteiger partial charge is 0.369 e. The summed E-state index contributed by atoms with van der Waals surface area (Å²) in [5, 5.41) is 5.58. The lowest BCUT2D eigenvalue weighted by Gasteiger charge is -2.08. The first-order valence-electron chi connectivity index (χ1n) is 9.97. The van der Waals surface area contributed by atoms with E-state index in [1.54, 1.807) is 15.6 Å². The van der Waals surface area contributed by atoms with E-state index in [-0.39, 0.29) is 5.56 Å². The van der Waals surface area contributed by atoms with Gasteiger partial charge in [0.15, 0.2) is 11.5 Å². The highest BCUT2D eigenvalue weighted by Gasteiger charge is 2.17. The van der Waals surface area contributed by atoms with Crippen molar-refractivity contribution in [1.82, 2.24) is 24.2 Å². The van der Waals surface area contributed by atoms with Crippen molar-refractivity contribution in [2.45, 2.75) is 19.5 Å². The molecule has 158 valence electrons. The van der Waals surface area contributed by atoms with E-state index in [2.05, 4.69) is 27.2 Å². The third kappa shape index (κ3) is 4.67. The van der Waals surface area contributed by atoms with Crippen molar-refractivity contribution in [1.29, 1.82) is 0 Å². The number of aliphatic imine (C=N–C) groups is 1. The summed E-state index contributed by atoms with van der Waals surface area (Å²) >= 11 is 6.28. The number of aryl methyl sites for hydroxylation is 2. The number of benzene rings is 2. The van der Waals surface area contributed by atoms with E-state index in [0.29, 0.717) is 35.0 Å². The standard InChI is InChI=1S/C23H23ClN6O/c1-28(2)15-26-22-20-21(27-30(22)13-12-17-8-4-3-5-9-17)25-16-29(23(20)31)14-18-10-6-7-11-19(18)24/h3-11,15-16H,12-14H2,1-2H3/b26-15+. The second kappa shape index (κ2) is 9.14. The maximum atomic E-state index is 13.3. The van der Waals surface area contributed by atoms with Crippen LogP contribution in [0.1, 0.15) is 11.1 Å². The van der Waals surface area contributed by atoms with Crippen LogP contribution in [0.3, 0.4) is 0 Å². The third-order valence-electron chi connectivity index (χ3n) is 4.87. The van der Waals surface area contributed by atoms with Crippen LogP contribution in [0.2, 0.25) is 5.02 Å². The van der Waals surface area contributed by atoms with Gasteiger partial charge in [0.05, 0.1) is 12.9 Å². The van der Waals surface area contributed by atoms with Gasteiger partial charge in [-0.2, -0.15) is 5.10 Å². The van der Waals surface area contributed by atoms with Gasteiger partial charge < -0.3 is 4.90 Å². The van der Waals surface area contributed by atoms with Crippen molar-refractivity contribution < 1.29 is 0 Å². The topological polar surface area (TPSA) is 68.3 Å². The Hall–Kier alpha value is -3.45. The molecule has 4 rings (SSSR count). The zero-order valence-electron chi connectivity index (χ0n) is 17.4. The number of nitrogens with zero attached hydrogens (tertiary/aromatic N) is 6. The molecule has 0 radical (unpaired) electrons. The van der Waals surface area contributed by atoms with Gasteiger partial charge in [0.2, 0.25) is 0 Å². The third-order valence-corrected chi connectivity index (χ3v) is 5.23. The molecule has 0 saturated heterocycles. The molecule has 0 bridgehead atoms. The lowest BCUT2D eigenvalue weighted by atomic mass is 10.1. The zero-order chi connectivity index (χ0) is 21.8. The Balaban J connectivity index is 1.76. The predicted octanol–water partition coefficient (Wildman–Crippen LogP) is 3.76. The molecule has 0 N–H and O–H groups in total. The van der Waals surface area contributed by atoms with Crippen LogP contribution in [0.4, 0.5) is 5.82 Å². The van der Waals surface area contributed by atoms with Crippen LogP contribution in [-0.4, -0.2) is 44.7 Å². The van der Waals surface area contributed by atoms with Gasteiger partial charge in [-0.25, -0.2) is 14.7 Å². The lowest BCUT2D eigenvalue weighted by molar-refractivity contribution is 0.617. The molecule has 0 aliphatic rings. The minimum atomic E-state index is -0.193. The second-order valence-electron chi connectivity index (χ2n) is 7.46. The first-order chi connectivity index (χ1) is 15.0. The highest BCUT2D eigenvalue weighted by Crippen LogP contribution is 2.23. The molecule has 8 heteroatoms. The zero-order valence-corrected chi connectivity index (χ0v) is 18.2. The molecule has 0 fully saturated rings. The van der Waals surface area contributed by atoms with Crippen molar-refractivity contribution in [2.24, 2.45) is 4.99 Å². The highest BCUT2D eigenvalue weighted by molar-refractivity contribution is 6.31. The van der Waals surface area contributed by atoms with Crippen molar-refractivity contribution in [3.63, 3.8) is 0 Å². The maximum absolute atomic E-state index is 13.3. The Morgan fingerprint density at radius 1 is 1.10 bits per heavy atom. The van der Waals surface area contributed by atoms with Crippen molar-refractivity contribution in [3.05, 3.63) is 87.4 Å². The molecule has 2 aromatic carbocycles. The van der Waals surface area contributed by atoms with Crippen LogP contribution in [0.5, 0.6) is 0 Å². The van der Waals surface area contributed by atoms with Gasteiger partial charge >= 0.3 is 0 Å². The van der Waals surface area contributed by atoms with E-state index < -0.39 is 0 Å². The average molecular weight is 435 g/mol. The van der Waals surface area contributed by atoms with E-state index in [1.807, 2.05) is 61.5 Å². The first kappa shape index (κ1) is 20.8. The van der Waals surface area contributed by atoms with Crippen LogP contribution in [0, 0.1) is 0 Å². The SMILES string of the molecule is CN(C)/C=N/c1c2c(=O)n(Cc3ccccc3Cl)cnc2nn1CCc1ccccc1. The van der Waals surface area contributed by atoms with E-state index >= 15 is 0 Å². The van der Waals surface area contributed by atoms with Gasteiger partial charge in [-0.3, -0.25) is 9.36 Å². The summed E-state index contributed by atoms with van der Waals surface area (Å²) < 4.78 is 3.30. The van der Waals surface area contributed by atoms with Crippen LogP contribution < -0.4 is 5.56 Å². The normalized spacial score (nSPS) is 11.5. The molecule has 0 unspecified atom stereocenters. The molecule has 2 aromatic heterocycles. The number of rotatable bonds is 7. The molecular weight excluding hydrogens is 412 g/mol. The summed E-state index contributed by atoms with van der Waals surface area (Å²) in [6.45, 7) is 0.915. The highest BCUT2D eigenvalue weighted by atomic mass is 35.5. The fourth-order valence-electron chi connectivity index (χ4n) is 3.30. The smallest absolute Gasteiger partial charge is 0.267 e. The van der Waals surface area contributed by atoms with E-state index in [0.717, 1.165) is 12.0 Å². The number of halogens is 1. The van der Waals surface area contributed by atoms with Crippen molar-refractivity contribution >= 4 is 34.8 Å². The Morgan fingerprint density at radius 3 is 2.58 bits per heavy atom. The van der Waals surface area contributed by atoms with Gasteiger partial charge in [0, 0.05) is 25.7 Å². The number of hydrogen-bond acceptors (Lipinski definition) is 4. The van der Waals surface area contributed by atoms with Gasteiger partial charge in [0.1, 0.15) is 11.7 Å². The Bertz CT molecular complexity index is 1280. The monoisotopic (exact) mass is 434 g/mol. The minimum Gasteiger partial charge on any atom is -0.369 e. The lowest BCUT2D eigenvalue weighted by Crippen LogP contribution is -2.21. The summed E-state index contributed by atoms with van der Waals surface area (Å²) in [6, 6.07) is 17.6. The number of aromatic nitrogens is 4. The summed E-state index contributed by atoms with van der Waals surface area (Å²) in [6.07, 6.45) is 3.95. The quantitative estimate of drug-likeness (QED) is 0.328. The van der Waals surface area contributed by atoms with E-state index in [1.165, 1.54) is 11.9 Å². The summed E-state index contributed by atoms with van der Waals surface area (Å²) in [5.41, 5.74) is 2.23. The Labute approximate surface area is 185 Å². The molecule has 0 aliphatic carbocycles. The van der Waals surface area contributed by atoms with Gasteiger partial charge in [-0.1, -0.05) is 60.1 Å². The van der Waals surface area contributed by atoms with Crippen molar-refractivity contribution in [3.8, 4) is 0 Å². The van der Waals surface area contributed by atoms with E-state index in [4.69, 9.17) is 11.6 Å². The summed E-state index contributed by atoms with van der Waals surface area (Å²) in [5.74, 6) is 0.505. The maximum Gasteiger partial charge on any atom is 0.267 e. The van der Waals surface area contributed by atoms with Gasteiger partial charge in [-0.05, 0) is 23.6 Å². The summed E-state index contributed by atoms with van der Waals surface area (Å²) in [4.78, 5) is 24.1. The fourth-order valence-corrected chi connectivity index (χ4v) is 3.50. The molecule has 2 heterocycles. The average Bonchev–Trinajstić information content (AvgIpc) is 3.13. The first-order valence-corrected chi connectivity index (χ1v) is 10.3. The predicted molar refractivity (Wildman–Crippen MR) is 124 cm³/mol. The molecule has 0 amide bonds. The molecule has 0 atom stereocenters. The Kier molecular flexibility index (Phi) is 6.13. The minimum absolute atomic E-state index is 0.193. The summed E-state index contributed by atoms with van der Waals surface area (Å²) in [7, 11) is 3.76. The van der Waals surface area contributed by atoms with Crippen molar-refractivity contribution in [2.75, 3.05) is 14.1 Å². The molecule has 4 aromatic rings. The van der Waals surface area contributed by atoms with Crippen LogP contribution in [0.15, 0.2) is 70.7 Å². The number of hydrogen-bond donors (Lipinski definition) is 0. The van der Waals surface area contributed by atoms with Crippen LogP contribution in [-0.2, 0) is 19.5 Å². The molecule has 0 spiro atoms. The van der Waals surface area contributed by atoms with Gasteiger partial charge in [0.25, 0.3) is 5.56 Å².